The highest BCUT2D eigenvalue weighted by molar-refractivity contribution is 6.06. The Labute approximate surface area is 122 Å². The van der Waals surface area contributed by atoms with Crippen LogP contribution in [0.15, 0.2) is 36.7 Å². The fourth-order valence-electron chi connectivity index (χ4n) is 3.57. The zero-order chi connectivity index (χ0) is 14.6. The number of amides is 2. The van der Waals surface area contributed by atoms with Gasteiger partial charge in [0.15, 0.2) is 12.4 Å². The molecule has 5 nitrogen and oxygen atoms in total. The predicted molar refractivity (Wildman–Crippen MR) is 72.6 cm³/mol. The van der Waals surface area contributed by atoms with Crippen LogP contribution in [0, 0.1) is 11.8 Å². The lowest BCUT2D eigenvalue weighted by Crippen LogP contribution is -2.36. The fourth-order valence-corrected chi connectivity index (χ4v) is 3.57. The lowest BCUT2D eigenvalue weighted by molar-refractivity contribution is -0.694. The van der Waals surface area contributed by atoms with Crippen LogP contribution in [-0.2, 0) is 27.4 Å². The van der Waals surface area contributed by atoms with Gasteiger partial charge < -0.3 is 4.74 Å². The molecular formula is C16H17N2O3+. The van der Waals surface area contributed by atoms with E-state index in [-0.39, 0.29) is 35.9 Å². The van der Waals surface area contributed by atoms with Gasteiger partial charge in [-0.2, -0.15) is 0 Å². The number of hydrogen-bond acceptors (Lipinski definition) is 3. The van der Waals surface area contributed by atoms with E-state index < -0.39 is 0 Å². The highest BCUT2D eigenvalue weighted by Gasteiger charge is 2.60. The largest absolute Gasteiger partial charge is 0.365 e. The van der Waals surface area contributed by atoms with E-state index in [1.165, 1.54) is 4.90 Å². The van der Waals surface area contributed by atoms with Gasteiger partial charge in [0.05, 0.1) is 30.6 Å². The smallest absolute Gasteiger partial charge is 0.236 e. The Hall–Kier alpha value is -2.01. The summed E-state index contributed by atoms with van der Waals surface area (Å²) in [6.45, 7) is 3.27. The molecule has 21 heavy (non-hydrogen) atoms. The first-order chi connectivity index (χ1) is 10.2. The molecule has 0 unspecified atom stereocenters. The number of ether oxygens (including phenoxy) is 1. The number of aromatic nitrogens is 1. The van der Waals surface area contributed by atoms with E-state index in [0.717, 1.165) is 12.1 Å². The molecule has 0 aliphatic carbocycles. The minimum Gasteiger partial charge on any atom is -0.365 e. The Bertz CT molecular complexity index is 625. The number of hydrogen-bond donors (Lipinski definition) is 0. The molecule has 2 bridgehead atoms. The second-order valence-corrected chi connectivity index (χ2v) is 5.81. The van der Waals surface area contributed by atoms with E-state index >= 15 is 0 Å². The Balaban J connectivity index is 1.59. The zero-order valence-electron chi connectivity index (χ0n) is 11.8. The van der Waals surface area contributed by atoms with Crippen LogP contribution < -0.4 is 4.57 Å². The summed E-state index contributed by atoms with van der Waals surface area (Å²) in [4.78, 5) is 26.5. The molecule has 3 aliphatic heterocycles. The Morgan fingerprint density at radius 1 is 1.19 bits per heavy atom. The van der Waals surface area contributed by atoms with Crippen LogP contribution in [0.1, 0.15) is 12.5 Å². The quantitative estimate of drug-likeness (QED) is 0.460. The van der Waals surface area contributed by atoms with E-state index in [2.05, 4.69) is 6.92 Å². The summed E-state index contributed by atoms with van der Waals surface area (Å²) in [6.07, 6.45) is 7.36. The summed E-state index contributed by atoms with van der Waals surface area (Å²) in [5.74, 6) is -0.800. The topological polar surface area (TPSA) is 50.5 Å². The van der Waals surface area contributed by atoms with Gasteiger partial charge >= 0.3 is 0 Å². The van der Waals surface area contributed by atoms with E-state index in [1.807, 2.05) is 41.2 Å². The number of carbonyl (C=O) groups excluding carboxylic acids is 2. The minimum atomic E-state index is -0.311. The molecule has 1 aromatic rings. The molecular weight excluding hydrogens is 268 g/mol. The molecule has 0 N–H and O–H groups in total. The number of pyridine rings is 1. The fraction of sp³-hybridized carbons (Fsp3) is 0.438. The highest BCUT2D eigenvalue weighted by atomic mass is 16.5. The van der Waals surface area contributed by atoms with Gasteiger partial charge in [0.1, 0.15) is 6.54 Å². The summed E-state index contributed by atoms with van der Waals surface area (Å²) in [5, 5.41) is 0. The average molecular weight is 285 g/mol. The van der Waals surface area contributed by atoms with Crippen molar-refractivity contribution < 1.29 is 18.9 Å². The standard InChI is InChI=1S/C16H17N2O3/c1-2-17-7-3-4-10(8-17)9-18-15(19)13-11-5-6-12(21-11)14(13)16(18)20/h3-8,11-14H,2,9H2,1H3/q+1/t11-,12+,13-,14+. The van der Waals surface area contributed by atoms with Crippen LogP contribution in [0.2, 0.25) is 0 Å². The van der Waals surface area contributed by atoms with Gasteiger partial charge in [-0.3, -0.25) is 14.5 Å². The summed E-state index contributed by atoms with van der Waals surface area (Å²) in [6, 6.07) is 3.89. The van der Waals surface area contributed by atoms with E-state index in [9.17, 15) is 9.59 Å². The summed E-state index contributed by atoms with van der Waals surface area (Å²) in [5.41, 5.74) is 0.974. The SMILES string of the molecule is CC[n+]1cccc(CN2C(=O)[C@@H]3[C@H](C2=O)[C@H]2C=C[C@@H]3O2)c1. The molecule has 4 heterocycles. The summed E-state index contributed by atoms with van der Waals surface area (Å²) >= 11 is 0. The van der Waals surface area contributed by atoms with Crippen molar-refractivity contribution in [2.45, 2.75) is 32.2 Å². The zero-order valence-corrected chi connectivity index (χ0v) is 11.8. The predicted octanol–water partition coefficient (Wildman–Crippen LogP) is 0.432. The molecule has 4 rings (SSSR count). The number of imide groups is 1. The molecule has 3 aliphatic rings. The van der Waals surface area contributed by atoms with Crippen LogP contribution in [0.4, 0.5) is 0 Å². The van der Waals surface area contributed by atoms with E-state index in [1.54, 1.807) is 0 Å². The Morgan fingerprint density at radius 3 is 2.48 bits per heavy atom. The van der Waals surface area contributed by atoms with Crippen molar-refractivity contribution in [3.63, 3.8) is 0 Å². The lowest BCUT2D eigenvalue weighted by Gasteiger charge is -2.16. The third kappa shape index (κ3) is 1.77. The molecule has 1 aromatic heterocycles. The van der Waals surface area contributed by atoms with Gasteiger partial charge in [0.25, 0.3) is 0 Å². The van der Waals surface area contributed by atoms with Crippen LogP contribution in [-0.4, -0.2) is 28.9 Å². The maximum Gasteiger partial charge on any atom is 0.236 e. The Kier molecular flexibility index (Phi) is 2.72. The van der Waals surface area contributed by atoms with Crippen LogP contribution >= 0.6 is 0 Å². The number of aryl methyl sites for hydroxylation is 1. The molecule has 2 amide bonds. The lowest BCUT2D eigenvalue weighted by atomic mass is 9.85. The number of fused-ring (bicyclic) bond motifs is 5. The van der Waals surface area contributed by atoms with Crippen molar-refractivity contribution in [2.24, 2.45) is 11.8 Å². The first-order valence-electron chi connectivity index (χ1n) is 7.36. The molecule has 0 aromatic carbocycles. The maximum atomic E-state index is 12.5. The van der Waals surface area contributed by atoms with Crippen molar-refractivity contribution in [1.29, 1.82) is 0 Å². The van der Waals surface area contributed by atoms with E-state index in [4.69, 9.17) is 4.74 Å². The van der Waals surface area contributed by atoms with Crippen molar-refractivity contribution in [2.75, 3.05) is 0 Å². The molecule has 5 heteroatoms. The molecule has 2 fully saturated rings. The number of likely N-dealkylation sites (tertiary alicyclic amines) is 1. The second kappa shape index (κ2) is 4.49. The van der Waals surface area contributed by atoms with Crippen molar-refractivity contribution in [1.82, 2.24) is 4.90 Å². The number of carbonyl (C=O) groups is 2. The second-order valence-electron chi connectivity index (χ2n) is 5.81. The molecule has 108 valence electrons. The Morgan fingerprint density at radius 2 is 1.86 bits per heavy atom. The normalized spacial score (nSPS) is 33.1. The summed E-state index contributed by atoms with van der Waals surface area (Å²) < 4.78 is 7.67. The third-order valence-electron chi connectivity index (χ3n) is 4.63. The third-order valence-corrected chi connectivity index (χ3v) is 4.63. The average Bonchev–Trinajstić information content (AvgIpc) is 3.17. The molecule has 0 saturated carbocycles. The molecule has 2 saturated heterocycles. The van der Waals surface area contributed by atoms with E-state index in [0.29, 0.717) is 6.54 Å². The van der Waals surface area contributed by atoms with Gasteiger partial charge in [-0.25, -0.2) is 4.57 Å². The van der Waals surface area contributed by atoms with Crippen LogP contribution in [0.5, 0.6) is 0 Å². The van der Waals surface area contributed by atoms with Gasteiger partial charge in [-0.1, -0.05) is 12.2 Å². The van der Waals surface area contributed by atoms with Crippen molar-refractivity contribution >= 4 is 11.8 Å². The summed E-state index contributed by atoms with van der Waals surface area (Å²) in [7, 11) is 0. The number of nitrogens with zero attached hydrogens (tertiary/aromatic N) is 2. The monoisotopic (exact) mass is 285 g/mol. The molecule has 0 spiro atoms. The van der Waals surface area contributed by atoms with Crippen LogP contribution in [0.25, 0.3) is 0 Å². The molecule has 4 atom stereocenters. The van der Waals surface area contributed by atoms with Crippen molar-refractivity contribution in [3.8, 4) is 0 Å². The first kappa shape index (κ1) is 12.7. The van der Waals surface area contributed by atoms with Gasteiger partial charge in [0.2, 0.25) is 11.8 Å². The van der Waals surface area contributed by atoms with Crippen LogP contribution in [0.3, 0.4) is 0 Å². The maximum absolute atomic E-state index is 12.5. The minimum absolute atomic E-state index is 0.0891. The van der Waals surface area contributed by atoms with Gasteiger partial charge in [0, 0.05) is 11.6 Å². The highest BCUT2D eigenvalue weighted by Crippen LogP contribution is 2.45. The van der Waals surface area contributed by atoms with Gasteiger partial charge in [-0.05, 0) is 13.0 Å². The first-order valence-corrected chi connectivity index (χ1v) is 7.36. The number of rotatable bonds is 3. The molecule has 0 radical (unpaired) electrons. The van der Waals surface area contributed by atoms with Crippen molar-refractivity contribution in [3.05, 3.63) is 42.2 Å². The van der Waals surface area contributed by atoms with Gasteiger partial charge in [-0.15, -0.1) is 0 Å².